The topological polar surface area (TPSA) is 51.1 Å². The van der Waals surface area contributed by atoms with Crippen molar-refractivity contribution in [2.24, 2.45) is 0 Å². The summed E-state index contributed by atoms with van der Waals surface area (Å²) >= 11 is 1.48. The van der Waals surface area contributed by atoms with Crippen LogP contribution >= 0.6 is 11.3 Å². The third-order valence-corrected chi connectivity index (χ3v) is 4.95. The number of aromatic nitrogens is 1. The molecule has 1 N–H and O–H groups in total. The number of amides is 1. The molecule has 0 aromatic carbocycles. The van der Waals surface area contributed by atoms with Crippen molar-refractivity contribution in [3.8, 4) is 0 Å². The molecule has 0 saturated carbocycles. The maximum atomic E-state index is 12.5. The average Bonchev–Trinajstić information content (AvgIpc) is 2.86. The molecule has 2 heterocycles. The SMILES string of the molecule is Cc1cc(C)n(NC(=O)c2scc3c2CCCC3)c(=O)c1. The summed E-state index contributed by atoms with van der Waals surface area (Å²) in [4.78, 5) is 25.2. The van der Waals surface area contributed by atoms with E-state index in [1.54, 1.807) is 0 Å². The Kier molecular flexibility index (Phi) is 3.68. The van der Waals surface area contributed by atoms with Crippen molar-refractivity contribution < 1.29 is 4.79 Å². The second-order valence-corrected chi connectivity index (χ2v) is 6.44. The molecular formula is C16H18N2O2S. The molecule has 0 aliphatic heterocycles. The Morgan fingerprint density at radius 1 is 1.24 bits per heavy atom. The molecule has 1 aliphatic carbocycles. The lowest BCUT2D eigenvalue weighted by Gasteiger charge is -2.14. The van der Waals surface area contributed by atoms with E-state index in [0.29, 0.717) is 0 Å². The first-order chi connectivity index (χ1) is 10.1. The molecule has 3 rings (SSSR count). The summed E-state index contributed by atoms with van der Waals surface area (Å²) in [5.74, 6) is -0.183. The summed E-state index contributed by atoms with van der Waals surface area (Å²) in [6.07, 6.45) is 4.35. The molecule has 2 aromatic rings. The lowest BCUT2D eigenvalue weighted by atomic mass is 9.94. The van der Waals surface area contributed by atoms with Gasteiger partial charge in [-0.25, -0.2) is 4.68 Å². The van der Waals surface area contributed by atoms with Gasteiger partial charge in [-0.05, 0) is 67.7 Å². The van der Waals surface area contributed by atoms with Gasteiger partial charge in [0.25, 0.3) is 11.5 Å². The molecule has 2 aromatic heterocycles. The van der Waals surface area contributed by atoms with Crippen molar-refractivity contribution in [2.75, 3.05) is 5.43 Å². The molecule has 0 spiro atoms. The standard InChI is InChI=1S/C16H18N2O2S/c1-10-7-11(2)18(14(19)8-10)17-16(20)15-13-6-4-3-5-12(13)9-21-15/h7-9H,3-6H2,1-2H3,(H,17,20). The van der Waals surface area contributed by atoms with E-state index in [-0.39, 0.29) is 11.5 Å². The largest absolute Gasteiger partial charge is 0.280 e. The van der Waals surface area contributed by atoms with Gasteiger partial charge in [0.05, 0.1) is 4.88 Å². The summed E-state index contributed by atoms with van der Waals surface area (Å²) in [6, 6.07) is 3.41. The Balaban J connectivity index is 1.91. The normalized spacial score (nSPS) is 13.8. The molecule has 1 amide bonds. The quantitative estimate of drug-likeness (QED) is 0.927. The molecule has 0 unspecified atom stereocenters. The van der Waals surface area contributed by atoms with Crippen LogP contribution in [0.4, 0.5) is 0 Å². The third kappa shape index (κ3) is 2.65. The Morgan fingerprint density at radius 2 is 2.00 bits per heavy atom. The van der Waals surface area contributed by atoms with Gasteiger partial charge in [-0.1, -0.05) is 0 Å². The van der Waals surface area contributed by atoms with Gasteiger partial charge in [-0.2, -0.15) is 0 Å². The predicted molar refractivity (Wildman–Crippen MR) is 84.8 cm³/mol. The van der Waals surface area contributed by atoms with Gasteiger partial charge in [-0.15, -0.1) is 11.3 Å². The lowest BCUT2D eigenvalue weighted by Crippen LogP contribution is -2.34. The molecule has 21 heavy (non-hydrogen) atoms. The zero-order valence-corrected chi connectivity index (χ0v) is 13.0. The number of nitrogens with zero attached hydrogens (tertiary/aromatic N) is 1. The first kappa shape index (κ1) is 14.1. The first-order valence-corrected chi connectivity index (χ1v) is 8.05. The molecule has 0 fully saturated rings. The number of fused-ring (bicyclic) bond motifs is 1. The number of hydrogen-bond donors (Lipinski definition) is 1. The van der Waals surface area contributed by atoms with Crippen molar-refractivity contribution in [3.63, 3.8) is 0 Å². The number of thiophene rings is 1. The number of aryl methyl sites for hydroxylation is 3. The Morgan fingerprint density at radius 3 is 2.76 bits per heavy atom. The van der Waals surface area contributed by atoms with Crippen LogP contribution in [0.1, 0.15) is 44.9 Å². The van der Waals surface area contributed by atoms with Crippen molar-refractivity contribution in [2.45, 2.75) is 39.5 Å². The van der Waals surface area contributed by atoms with Crippen molar-refractivity contribution in [1.29, 1.82) is 0 Å². The zero-order chi connectivity index (χ0) is 15.0. The van der Waals surface area contributed by atoms with Crippen LogP contribution in [0.3, 0.4) is 0 Å². The van der Waals surface area contributed by atoms with Crippen LogP contribution < -0.4 is 11.0 Å². The van der Waals surface area contributed by atoms with E-state index in [1.165, 1.54) is 39.6 Å². The highest BCUT2D eigenvalue weighted by Gasteiger charge is 2.20. The van der Waals surface area contributed by atoms with Gasteiger partial charge in [-0.3, -0.25) is 15.0 Å². The number of pyridine rings is 1. The summed E-state index contributed by atoms with van der Waals surface area (Å²) in [6.45, 7) is 3.69. The molecule has 0 radical (unpaired) electrons. The van der Waals surface area contributed by atoms with Crippen LogP contribution in [0.2, 0.25) is 0 Å². The van der Waals surface area contributed by atoms with E-state index >= 15 is 0 Å². The number of carbonyl (C=O) groups is 1. The third-order valence-electron chi connectivity index (χ3n) is 3.88. The van der Waals surface area contributed by atoms with Crippen molar-refractivity contribution in [3.05, 3.63) is 55.1 Å². The van der Waals surface area contributed by atoms with Gasteiger partial charge in [0.2, 0.25) is 0 Å². The molecule has 0 bridgehead atoms. The summed E-state index contributed by atoms with van der Waals surface area (Å²) in [5, 5.41) is 2.08. The Bertz CT molecular complexity index is 758. The van der Waals surface area contributed by atoms with E-state index in [0.717, 1.165) is 35.4 Å². The predicted octanol–water partition coefficient (Wildman–Crippen LogP) is 2.79. The summed E-state index contributed by atoms with van der Waals surface area (Å²) in [7, 11) is 0. The van der Waals surface area contributed by atoms with Crippen molar-refractivity contribution in [1.82, 2.24) is 4.68 Å². The van der Waals surface area contributed by atoms with Crippen LogP contribution in [0.25, 0.3) is 0 Å². The number of carbonyl (C=O) groups excluding carboxylic acids is 1. The second-order valence-electron chi connectivity index (χ2n) is 5.56. The first-order valence-electron chi connectivity index (χ1n) is 7.17. The smallest absolute Gasteiger partial charge is 0.267 e. The van der Waals surface area contributed by atoms with Gasteiger partial charge < -0.3 is 0 Å². The minimum Gasteiger partial charge on any atom is -0.267 e. The zero-order valence-electron chi connectivity index (χ0n) is 12.2. The minimum atomic E-state index is -0.203. The molecular weight excluding hydrogens is 284 g/mol. The fraction of sp³-hybridized carbons (Fsp3) is 0.375. The highest BCUT2D eigenvalue weighted by atomic mass is 32.1. The number of nitrogens with one attached hydrogen (secondary N) is 1. The number of hydrogen-bond acceptors (Lipinski definition) is 3. The monoisotopic (exact) mass is 302 g/mol. The van der Waals surface area contributed by atoms with Crippen LogP contribution in [-0.4, -0.2) is 10.6 Å². The molecule has 5 heteroatoms. The van der Waals surface area contributed by atoms with E-state index in [9.17, 15) is 9.59 Å². The summed E-state index contributed by atoms with van der Waals surface area (Å²) in [5.41, 5.74) is 6.63. The summed E-state index contributed by atoms with van der Waals surface area (Å²) < 4.78 is 1.32. The average molecular weight is 302 g/mol. The molecule has 0 atom stereocenters. The lowest BCUT2D eigenvalue weighted by molar-refractivity contribution is 0.101. The van der Waals surface area contributed by atoms with Crippen LogP contribution in [-0.2, 0) is 12.8 Å². The van der Waals surface area contributed by atoms with Crippen LogP contribution in [0.15, 0.2) is 22.3 Å². The Labute approximate surface area is 127 Å². The minimum absolute atomic E-state index is 0.183. The maximum absolute atomic E-state index is 12.5. The molecule has 4 nitrogen and oxygen atoms in total. The van der Waals surface area contributed by atoms with Crippen molar-refractivity contribution >= 4 is 17.2 Å². The number of rotatable bonds is 2. The van der Waals surface area contributed by atoms with Gasteiger partial charge >= 0.3 is 0 Å². The van der Waals surface area contributed by atoms with E-state index < -0.39 is 0 Å². The molecule has 110 valence electrons. The van der Waals surface area contributed by atoms with Crippen LogP contribution in [0.5, 0.6) is 0 Å². The van der Waals surface area contributed by atoms with E-state index in [4.69, 9.17) is 0 Å². The van der Waals surface area contributed by atoms with Gasteiger partial charge in [0, 0.05) is 11.8 Å². The van der Waals surface area contributed by atoms with Crippen LogP contribution in [0, 0.1) is 13.8 Å². The van der Waals surface area contributed by atoms with E-state index in [1.807, 2.05) is 19.9 Å². The van der Waals surface area contributed by atoms with Gasteiger partial charge in [0.1, 0.15) is 0 Å². The highest BCUT2D eigenvalue weighted by molar-refractivity contribution is 7.12. The highest BCUT2D eigenvalue weighted by Crippen LogP contribution is 2.29. The Hall–Kier alpha value is -1.88. The van der Waals surface area contributed by atoms with Gasteiger partial charge in [0.15, 0.2) is 0 Å². The maximum Gasteiger partial charge on any atom is 0.280 e. The fourth-order valence-corrected chi connectivity index (χ4v) is 3.92. The molecule has 0 saturated heterocycles. The fourth-order valence-electron chi connectivity index (χ4n) is 2.87. The second kappa shape index (κ2) is 5.48. The molecule has 1 aliphatic rings. The van der Waals surface area contributed by atoms with E-state index in [2.05, 4.69) is 10.8 Å².